The molecule has 5 heteroatoms. The Kier molecular flexibility index (Phi) is 3.55. The zero-order chi connectivity index (χ0) is 14.9. The van der Waals surface area contributed by atoms with Crippen molar-refractivity contribution in [2.45, 2.75) is 44.2 Å². The van der Waals surface area contributed by atoms with Crippen LogP contribution in [0, 0.1) is 0 Å². The molecule has 21 heavy (non-hydrogen) atoms. The Morgan fingerprint density at radius 3 is 2.67 bits per heavy atom. The lowest BCUT2D eigenvalue weighted by Gasteiger charge is -2.30. The number of nitrogens with two attached hydrogens (primary N) is 1. The van der Waals surface area contributed by atoms with Crippen LogP contribution in [0.2, 0.25) is 0 Å². The maximum Gasteiger partial charge on any atom is 0.251 e. The molecule has 1 aliphatic rings. The van der Waals surface area contributed by atoms with Gasteiger partial charge in [-0.25, -0.2) is 0 Å². The third-order valence-electron chi connectivity index (χ3n) is 4.19. The molecule has 112 valence electrons. The van der Waals surface area contributed by atoms with Gasteiger partial charge in [0.25, 0.3) is 5.89 Å². The number of rotatable bonds is 3. The van der Waals surface area contributed by atoms with Crippen LogP contribution >= 0.6 is 0 Å². The summed E-state index contributed by atoms with van der Waals surface area (Å²) in [5.41, 5.74) is 6.07. The SMILES string of the molecule is CC1(c2noc(C(C)(N)c3ccccc3)n2)CCCCO1. The summed E-state index contributed by atoms with van der Waals surface area (Å²) in [7, 11) is 0. The fourth-order valence-electron chi connectivity index (χ4n) is 2.67. The molecule has 0 radical (unpaired) electrons. The van der Waals surface area contributed by atoms with E-state index in [9.17, 15) is 0 Å². The lowest BCUT2D eigenvalue weighted by molar-refractivity contribution is -0.0770. The van der Waals surface area contributed by atoms with E-state index in [0.29, 0.717) is 11.7 Å². The second-order valence-corrected chi connectivity index (χ2v) is 6.03. The molecule has 2 aromatic rings. The summed E-state index contributed by atoms with van der Waals surface area (Å²) in [5, 5.41) is 4.11. The number of hydrogen-bond donors (Lipinski definition) is 1. The van der Waals surface area contributed by atoms with E-state index in [1.165, 1.54) is 0 Å². The summed E-state index contributed by atoms with van der Waals surface area (Å²) in [6.07, 6.45) is 3.09. The highest BCUT2D eigenvalue weighted by Crippen LogP contribution is 2.34. The number of hydrogen-bond acceptors (Lipinski definition) is 5. The molecule has 0 bridgehead atoms. The number of nitrogens with zero attached hydrogens (tertiary/aromatic N) is 2. The van der Waals surface area contributed by atoms with Crippen LogP contribution in [0.4, 0.5) is 0 Å². The normalized spacial score (nSPS) is 25.5. The van der Waals surface area contributed by atoms with Gasteiger partial charge in [0.2, 0.25) is 5.82 Å². The Balaban J connectivity index is 1.91. The summed E-state index contributed by atoms with van der Waals surface area (Å²) >= 11 is 0. The first-order chi connectivity index (χ1) is 10.0. The maximum atomic E-state index is 6.41. The van der Waals surface area contributed by atoms with Crippen molar-refractivity contribution in [2.24, 2.45) is 5.73 Å². The molecule has 1 aromatic heterocycles. The topological polar surface area (TPSA) is 74.2 Å². The van der Waals surface area contributed by atoms with Crippen molar-refractivity contribution in [1.29, 1.82) is 0 Å². The van der Waals surface area contributed by atoms with Gasteiger partial charge in [-0.3, -0.25) is 0 Å². The van der Waals surface area contributed by atoms with Gasteiger partial charge in [0.05, 0.1) is 0 Å². The lowest BCUT2D eigenvalue weighted by atomic mass is 9.92. The summed E-state index contributed by atoms with van der Waals surface area (Å²) in [6, 6.07) is 9.77. The second-order valence-electron chi connectivity index (χ2n) is 6.03. The average Bonchev–Trinajstić information content (AvgIpc) is 3.00. The number of benzene rings is 1. The highest BCUT2D eigenvalue weighted by atomic mass is 16.5. The van der Waals surface area contributed by atoms with Gasteiger partial charge in [0.15, 0.2) is 0 Å². The Morgan fingerprint density at radius 1 is 1.24 bits per heavy atom. The Bertz CT molecular complexity index is 601. The Hall–Kier alpha value is -1.72. The molecule has 1 saturated heterocycles. The number of aromatic nitrogens is 2. The van der Waals surface area contributed by atoms with Crippen molar-refractivity contribution in [1.82, 2.24) is 10.1 Å². The molecule has 2 heterocycles. The van der Waals surface area contributed by atoms with Crippen LogP contribution in [0.5, 0.6) is 0 Å². The lowest BCUT2D eigenvalue weighted by Crippen LogP contribution is -2.35. The van der Waals surface area contributed by atoms with E-state index in [1.807, 2.05) is 44.2 Å². The van der Waals surface area contributed by atoms with Gasteiger partial charge in [-0.15, -0.1) is 0 Å². The fraction of sp³-hybridized carbons (Fsp3) is 0.500. The zero-order valence-corrected chi connectivity index (χ0v) is 12.5. The summed E-state index contributed by atoms with van der Waals surface area (Å²) < 4.78 is 11.3. The third kappa shape index (κ3) is 2.59. The van der Waals surface area contributed by atoms with Crippen LogP contribution < -0.4 is 5.73 Å². The molecule has 1 aromatic carbocycles. The van der Waals surface area contributed by atoms with Crippen LogP contribution in [0.1, 0.15) is 50.4 Å². The van der Waals surface area contributed by atoms with E-state index in [1.54, 1.807) is 0 Å². The first-order valence-electron chi connectivity index (χ1n) is 7.35. The molecule has 0 amide bonds. The van der Waals surface area contributed by atoms with Crippen LogP contribution in [-0.2, 0) is 15.9 Å². The van der Waals surface area contributed by atoms with Gasteiger partial charge in [-0.05, 0) is 38.7 Å². The maximum absolute atomic E-state index is 6.41. The summed E-state index contributed by atoms with van der Waals surface area (Å²) in [4.78, 5) is 4.53. The van der Waals surface area contributed by atoms with Crippen molar-refractivity contribution in [3.05, 3.63) is 47.6 Å². The highest BCUT2D eigenvalue weighted by molar-refractivity contribution is 5.29. The molecular weight excluding hydrogens is 266 g/mol. The van der Waals surface area contributed by atoms with Crippen molar-refractivity contribution in [2.75, 3.05) is 6.61 Å². The first kappa shape index (κ1) is 14.2. The molecule has 5 nitrogen and oxygen atoms in total. The van der Waals surface area contributed by atoms with Gasteiger partial charge >= 0.3 is 0 Å². The van der Waals surface area contributed by atoms with Gasteiger partial charge in [-0.2, -0.15) is 4.98 Å². The molecular formula is C16H21N3O2. The minimum Gasteiger partial charge on any atom is -0.367 e. The minimum atomic E-state index is -0.808. The summed E-state index contributed by atoms with van der Waals surface area (Å²) in [5.74, 6) is 1.00. The standard InChI is InChI=1S/C16H21N3O2/c1-15(10-6-7-11-20-15)13-18-14(21-19-13)16(2,17)12-8-4-3-5-9-12/h3-5,8-9H,6-7,10-11,17H2,1-2H3. The van der Waals surface area contributed by atoms with E-state index >= 15 is 0 Å². The Morgan fingerprint density at radius 2 is 2.00 bits per heavy atom. The quantitative estimate of drug-likeness (QED) is 0.939. The van der Waals surface area contributed by atoms with E-state index in [2.05, 4.69) is 10.1 Å². The molecule has 1 aliphatic heterocycles. The van der Waals surface area contributed by atoms with Crippen LogP contribution in [0.15, 0.2) is 34.9 Å². The number of ether oxygens (including phenoxy) is 1. The molecule has 2 unspecified atom stereocenters. The van der Waals surface area contributed by atoms with Gasteiger partial charge < -0.3 is 15.0 Å². The molecule has 2 atom stereocenters. The van der Waals surface area contributed by atoms with Crippen molar-refractivity contribution in [3.8, 4) is 0 Å². The van der Waals surface area contributed by atoms with E-state index < -0.39 is 11.1 Å². The smallest absolute Gasteiger partial charge is 0.251 e. The third-order valence-corrected chi connectivity index (χ3v) is 4.19. The molecule has 0 spiro atoms. The van der Waals surface area contributed by atoms with Crippen molar-refractivity contribution < 1.29 is 9.26 Å². The van der Waals surface area contributed by atoms with Gasteiger partial charge in [0.1, 0.15) is 11.1 Å². The minimum absolute atomic E-state index is 0.416. The van der Waals surface area contributed by atoms with E-state index in [-0.39, 0.29) is 0 Å². The first-order valence-corrected chi connectivity index (χ1v) is 7.35. The van der Waals surface area contributed by atoms with E-state index in [4.69, 9.17) is 15.0 Å². The molecule has 3 rings (SSSR count). The molecule has 0 saturated carbocycles. The molecule has 0 aliphatic carbocycles. The van der Waals surface area contributed by atoms with Crippen LogP contribution in [-0.4, -0.2) is 16.7 Å². The Labute approximate surface area is 124 Å². The zero-order valence-electron chi connectivity index (χ0n) is 12.5. The predicted molar refractivity (Wildman–Crippen MR) is 78.5 cm³/mol. The van der Waals surface area contributed by atoms with Crippen LogP contribution in [0.25, 0.3) is 0 Å². The van der Waals surface area contributed by atoms with Gasteiger partial charge in [0, 0.05) is 6.61 Å². The van der Waals surface area contributed by atoms with E-state index in [0.717, 1.165) is 31.4 Å². The monoisotopic (exact) mass is 287 g/mol. The predicted octanol–water partition coefficient (Wildman–Crippen LogP) is 2.71. The van der Waals surface area contributed by atoms with Crippen molar-refractivity contribution in [3.63, 3.8) is 0 Å². The fourth-order valence-corrected chi connectivity index (χ4v) is 2.67. The van der Waals surface area contributed by atoms with Gasteiger partial charge in [-0.1, -0.05) is 35.5 Å². The largest absolute Gasteiger partial charge is 0.367 e. The van der Waals surface area contributed by atoms with Crippen LogP contribution in [0.3, 0.4) is 0 Å². The molecule has 2 N–H and O–H groups in total. The highest BCUT2D eigenvalue weighted by Gasteiger charge is 2.38. The van der Waals surface area contributed by atoms with Crippen molar-refractivity contribution >= 4 is 0 Å². The molecule has 1 fully saturated rings. The second kappa shape index (κ2) is 5.24. The summed E-state index contributed by atoms with van der Waals surface area (Å²) in [6.45, 7) is 4.62. The average molecular weight is 287 g/mol.